The second-order valence-corrected chi connectivity index (χ2v) is 10.2. The molecule has 2 aromatic heterocycles. The molecule has 0 fully saturated rings. The highest BCUT2D eigenvalue weighted by Gasteiger charge is 2.34. The molecule has 214 valence electrons. The van der Waals surface area contributed by atoms with E-state index in [-0.39, 0.29) is 29.3 Å². The fraction of sp³-hybridized carbons (Fsp3) is 0.321. The van der Waals surface area contributed by atoms with Crippen molar-refractivity contribution in [3.63, 3.8) is 0 Å². The Morgan fingerprint density at radius 2 is 1.76 bits per heavy atom. The van der Waals surface area contributed by atoms with E-state index in [1.54, 1.807) is 64.1 Å². The number of carbonyl (C=O) groups is 3. The van der Waals surface area contributed by atoms with E-state index < -0.39 is 41.3 Å². The summed E-state index contributed by atoms with van der Waals surface area (Å²) in [5.41, 5.74) is -0.160. The number of halogens is 1. The number of hydrogen-bond donors (Lipinski definition) is 2. The number of rotatable bonds is 9. The van der Waals surface area contributed by atoms with Gasteiger partial charge in [-0.05, 0) is 49.6 Å². The SMILES string of the molecule is COC(=O)Nc1nc2ccccc2n(CC(=O)N[C@@H](C(=O)c2nnc(C(C)(C)c3ccc(F)cc3)o2)C(C)C)c1=O. The molecule has 0 saturated carbocycles. The molecule has 0 aliphatic rings. The van der Waals surface area contributed by atoms with Gasteiger partial charge in [0.2, 0.25) is 23.4 Å². The van der Waals surface area contributed by atoms with Crippen LogP contribution in [0.15, 0.2) is 57.7 Å². The number of para-hydroxylation sites is 2. The molecule has 0 bridgehead atoms. The van der Waals surface area contributed by atoms with Crippen molar-refractivity contribution in [1.29, 1.82) is 0 Å². The normalized spacial score (nSPS) is 12.3. The number of ether oxygens (including phenoxy) is 1. The minimum absolute atomic E-state index is 0.140. The minimum atomic E-state index is -1.05. The van der Waals surface area contributed by atoms with E-state index in [0.717, 1.165) is 11.7 Å². The standard InChI is InChI=1S/C28H29FN6O6/c1-15(2)21(22(37)24-33-34-26(41-24)28(3,4)16-10-12-17(29)13-11-16)31-20(36)14-35-19-9-7-6-8-18(19)30-23(25(35)38)32-27(39)40-5/h6-13,15,21H,14H2,1-5H3,(H,31,36)(H,30,32,39)/t21-/m1/s1. The summed E-state index contributed by atoms with van der Waals surface area (Å²) in [4.78, 5) is 55.5. The van der Waals surface area contributed by atoms with Gasteiger partial charge in [0.1, 0.15) is 12.4 Å². The minimum Gasteiger partial charge on any atom is -0.453 e. The summed E-state index contributed by atoms with van der Waals surface area (Å²) in [5, 5.41) is 12.9. The molecule has 4 aromatic rings. The Balaban J connectivity index is 1.58. The van der Waals surface area contributed by atoms with Gasteiger partial charge in [-0.2, -0.15) is 0 Å². The molecule has 4 rings (SSSR count). The summed E-state index contributed by atoms with van der Waals surface area (Å²) < 4.78 is 24.8. The average molecular weight is 565 g/mol. The van der Waals surface area contributed by atoms with Crippen LogP contribution in [0.1, 0.15) is 49.8 Å². The molecule has 2 aromatic carbocycles. The number of carbonyl (C=O) groups excluding carboxylic acids is 3. The quantitative estimate of drug-likeness (QED) is 0.290. The van der Waals surface area contributed by atoms with Gasteiger partial charge in [-0.15, -0.1) is 10.2 Å². The number of nitrogens with zero attached hydrogens (tertiary/aromatic N) is 4. The fourth-order valence-corrected chi connectivity index (χ4v) is 4.17. The van der Waals surface area contributed by atoms with Gasteiger partial charge in [-0.1, -0.05) is 38.1 Å². The van der Waals surface area contributed by atoms with Gasteiger partial charge in [0, 0.05) is 0 Å². The van der Waals surface area contributed by atoms with E-state index in [9.17, 15) is 23.6 Å². The smallest absolute Gasteiger partial charge is 0.412 e. The summed E-state index contributed by atoms with van der Waals surface area (Å²) in [5.74, 6) is -2.50. The number of nitrogens with one attached hydrogen (secondary N) is 2. The Hall–Kier alpha value is -4.94. The van der Waals surface area contributed by atoms with Crippen molar-refractivity contribution in [2.45, 2.75) is 45.7 Å². The summed E-state index contributed by atoms with van der Waals surface area (Å²) in [7, 11) is 1.14. The van der Waals surface area contributed by atoms with E-state index in [4.69, 9.17) is 4.42 Å². The van der Waals surface area contributed by atoms with Crippen molar-refractivity contribution in [2.24, 2.45) is 5.92 Å². The molecule has 13 heteroatoms. The maximum atomic E-state index is 13.4. The van der Waals surface area contributed by atoms with Crippen molar-refractivity contribution in [1.82, 2.24) is 25.1 Å². The van der Waals surface area contributed by atoms with Crippen LogP contribution in [0.2, 0.25) is 0 Å². The predicted molar refractivity (Wildman–Crippen MR) is 146 cm³/mol. The third-order valence-electron chi connectivity index (χ3n) is 6.56. The van der Waals surface area contributed by atoms with E-state index >= 15 is 0 Å². The van der Waals surface area contributed by atoms with Crippen LogP contribution in [-0.2, 0) is 21.5 Å². The highest BCUT2D eigenvalue weighted by atomic mass is 19.1. The van der Waals surface area contributed by atoms with Crippen molar-refractivity contribution in [2.75, 3.05) is 12.4 Å². The average Bonchev–Trinajstić information content (AvgIpc) is 3.45. The van der Waals surface area contributed by atoms with Crippen molar-refractivity contribution in [3.8, 4) is 0 Å². The van der Waals surface area contributed by atoms with Crippen LogP contribution < -0.4 is 16.2 Å². The molecule has 0 aliphatic heterocycles. The monoisotopic (exact) mass is 564 g/mol. The molecule has 0 spiro atoms. The molecule has 41 heavy (non-hydrogen) atoms. The highest BCUT2D eigenvalue weighted by Crippen LogP contribution is 2.30. The molecular formula is C28H29FN6O6. The van der Waals surface area contributed by atoms with Crippen molar-refractivity contribution >= 4 is 34.6 Å². The zero-order chi connectivity index (χ0) is 29.9. The number of methoxy groups -OCH3 is 1. The second kappa shape index (κ2) is 11.7. The summed E-state index contributed by atoms with van der Waals surface area (Å²) >= 11 is 0. The fourth-order valence-electron chi connectivity index (χ4n) is 4.17. The van der Waals surface area contributed by atoms with Gasteiger partial charge < -0.3 is 14.5 Å². The van der Waals surface area contributed by atoms with E-state index in [2.05, 4.69) is 30.6 Å². The molecule has 0 unspecified atom stereocenters. The first-order valence-electron chi connectivity index (χ1n) is 12.7. The highest BCUT2D eigenvalue weighted by molar-refractivity contribution is 5.98. The van der Waals surface area contributed by atoms with Crippen LogP contribution in [-0.4, -0.2) is 50.7 Å². The van der Waals surface area contributed by atoms with E-state index in [1.807, 2.05) is 0 Å². The van der Waals surface area contributed by atoms with Crippen LogP contribution in [0.25, 0.3) is 11.0 Å². The Kier molecular flexibility index (Phi) is 8.26. The zero-order valence-electron chi connectivity index (χ0n) is 23.1. The largest absolute Gasteiger partial charge is 0.453 e. The first-order valence-corrected chi connectivity index (χ1v) is 12.7. The Morgan fingerprint density at radius 1 is 1.07 bits per heavy atom. The number of amides is 2. The molecule has 2 N–H and O–H groups in total. The third kappa shape index (κ3) is 6.13. The molecular weight excluding hydrogens is 535 g/mol. The van der Waals surface area contributed by atoms with Crippen LogP contribution >= 0.6 is 0 Å². The maximum Gasteiger partial charge on any atom is 0.412 e. The van der Waals surface area contributed by atoms with Crippen molar-refractivity contribution < 1.29 is 27.9 Å². The number of fused-ring (bicyclic) bond motifs is 1. The first kappa shape index (κ1) is 29.1. The summed E-state index contributed by atoms with van der Waals surface area (Å²) in [6, 6.07) is 11.3. The summed E-state index contributed by atoms with van der Waals surface area (Å²) in [6.45, 7) is 6.58. The van der Waals surface area contributed by atoms with Gasteiger partial charge in [-0.25, -0.2) is 14.2 Å². The number of anilines is 1. The molecule has 2 heterocycles. The van der Waals surface area contributed by atoms with Crippen LogP contribution in [0.3, 0.4) is 0 Å². The first-order chi connectivity index (χ1) is 19.4. The molecule has 0 saturated heterocycles. The maximum absolute atomic E-state index is 13.4. The Morgan fingerprint density at radius 3 is 2.41 bits per heavy atom. The predicted octanol–water partition coefficient (Wildman–Crippen LogP) is 3.45. The lowest BCUT2D eigenvalue weighted by Crippen LogP contribution is -2.46. The number of benzene rings is 2. The summed E-state index contributed by atoms with van der Waals surface area (Å²) in [6.07, 6.45) is -0.895. The van der Waals surface area contributed by atoms with Gasteiger partial charge >= 0.3 is 6.09 Å². The second-order valence-electron chi connectivity index (χ2n) is 10.2. The number of ketones is 1. The van der Waals surface area contributed by atoms with Gasteiger partial charge in [-0.3, -0.25) is 24.3 Å². The third-order valence-corrected chi connectivity index (χ3v) is 6.56. The van der Waals surface area contributed by atoms with Crippen LogP contribution in [0.5, 0.6) is 0 Å². The molecule has 12 nitrogen and oxygen atoms in total. The lowest BCUT2D eigenvalue weighted by Gasteiger charge is -2.21. The van der Waals surface area contributed by atoms with Gasteiger partial charge in [0.15, 0.2) is 0 Å². The van der Waals surface area contributed by atoms with Gasteiger partial charge in [0.25, 0.3) is 11.4 Å². The van der Waals surface area contributed by atoms with Crippen LogP contribution in [0.4, 0.5) is 15.0 Å². The number of Topliss-reactive ketones (excluding diaryl/α,β-unsaturated/α-hetero) is 1. The molecule has 0 radical (unpaired) electrons. The zero-order valence-corrected chi connectivity index (χ0v) is 23.1. The Labute approximate surface area is 233 Å². The Bertz CT molecular complexity index is 1660. The number of hydrogen-bond acceptors (Lipinski definition) is 9. The van der Waals surface area contributed by atoms with Gasteiger partial charge in [0.05, 0.1) is 29.6 Å². The number of aromatic nitrogens is 4. The van der Waals surface area contributed by atoms with Crippen molar-refractivity contribution in [3.05, 3.63) is 82.0 Å². The molecule has 1 atom stereocenters. The molecule has 2 amide bonds. The van der Waals surface area contributed by atoms with E-state index in [1.165, 1.54) is 12.1 Å². The lowest BCUT2D eigenvalue weighted by molar-refractivity contribution is -0.122. The topological polar surface area (TPSA) is 158 Å². The molecule has 0 aliphatic carbocycles. The lowest BCUT2D eigenvalue weighted by atomic mass is 9.84. The van der Waals surface area contributed by atoms with Crippen LogP contribution in [0, 0.1) is 11.7 Å². The van der Waals surface area contributed by atoms with E-state index in [0.29, 0.717) is 16.6 Å².